The van der Waals surface area contributed by atoms with E-state index in [1.54, 1.807) is 0 Å². The molecular formula is C14H29Cl2N3O. The first-order chi connectivity index (χ1) is 8.58. The number of carbonyl (C=O) groups excluding carboxylic acids is 1. The van der Waals surface area contributed by atoms with Crippen LogP contribution in [0.1, 0.15) is 38.5 Å². The third-order valence-corrected chi connectivity index (χ3v) is 4.50. The summed E-state index contributed by atoms with van der Waals surface area (Å²) < 4.78 is 0. The number of hydrogen-bond acceptors (Lipinski definition) is 3. The van der Waals surface area contributed by atoms with Crippen molar-refractivity contribution >= 4 is 30.7 Å². The summed E-state index contributed by atoms with van der Waals surface area (Å²) in [6.07, 6.45) is 6.47. The zero-order chi connectivity index (χ0) is 13.1. The van der Waals surface area contributed by atoms with E-state index in [1.807, 2.05) is 0 Å². The molecule has 0 bridgehead atoms. The van der Waals surface area contributed by atoms with Gasteiger partial charge in [-0.25, -0.2) is 0 Å². The first-order valence-electron chi connectivity index (χ1n) is 7.28. The highest BCUT2D eigenvalue weighted by atomic mass is 35.5. The van der Waals surface area contributed by atoms with Crippen LogP contribution in [-0.2, 0) is 4.79 Å². The molecule has 3 atom stereocenters. The van der Waals surface area contributed by atoms with Gasteiger partial charge in [-0.15, -0.1) is 24.8 Å². The summed E-state index contributed by atoms with van der Waals surface area (Å²) in [6.45, 7) is 1.84. The number of likely N-dealkylation sites (N-methyl/N-ethyl adjacent to an activating group) is 1. The average Bonchev–Trinajstić information content (AvgIpc) is 2.38. The fraction of sp³-hybridized carbons (Fsp3) is 0.929. The molecule has 1 amide bonds. The zero-order valence-corrected chi connectivity index (χ0v) is 14.2. The van der Waals surface area contributed by atoms with Crippen molar-refractivity contribution in [3.63, 3.8) is 0 Å². The molecule has 0 aromatic heterocycles. The van der Waals surface area contributed by atoms with E-state index in [-0.39, 0.29) is 36.8 Å². The third-order valence-electron chi connectivity index (χ3n) is 4.50. The van der Waals surface area contributed by atoms with Gasteiger partial charge < -0.3 is 15.5 Å². The Morgan fingerprint density at radius 3 is 2.45 bits per heavy atom. The van der Waals surface area contributed by atoms with E-state index >= 15 is 0 Å². The SMILES string of the molecule is CN(C)C1CCCN(C(=O)C2CCCC(N)C2)C1.Cl.Cl. The van der Waals surface area contributed by atoms with E-state index in [1.165, 1.54) is 6.42 Å². The van der Waals surface area contributed by atoms with Gasteiger partial charge in [-0.2, -0.15) is 0 Å². The van der Waals surface area contributed by atoms with Crippen molar-refractivity contribution in [3.8, 4) is 0 Å². The number of hydrogen-bond donors (Lipinski definition) is 1. The molecule has 120 valence electrons. The lowest BCUT2D eigenvalue weighted by atomic mass is 9.85. The zero-order valence-electron chi connectivity index (χ0n) is 12.6. The van der Waals surface area contributed by atoms with Gasteiger partial charge in [0.1, 0.15) is 0 Å². The molecule has 0 radical (unpaired) electrons. The van der Waals surface area contributed by atoms with E-state index < -0.39 is 0 Å². The van der Waals surface area contributed by atoms with Gasteiger partial charge in [0.25, 0.3) is 0 Å². The summed E-state index contributed by atoms with van der Waals surface area (Å²) in [5.41, 5.74) is 5.99. The lowest BCUT2D eigenvalue weighted by molar-refractivity contribution is -0.138. The maximum atomic E-state index is 12.5. The largest absolute Gasteiger partial charge is 0.341 e. The molecule has 0 aromatic carbocycles. The molecule has 1 saturated heterocycles. The van der Waals surface area contributed by atoms with E-state index in [0.717, 1.165) is 45.2 Å². The minimum absolute atomic E-state index is 0. The number of rotatable bonds is 2. The van der Waals surface area contributed by atoms with Gasteiger partial charge in [-0.05, 0) is 46.2 Å². The van der Waals surface area contributed by atoms with Crippen molar-refractivity contribution in [1.82, 2.24) is 9.80 Å². The van der Waals surface area contributed by atoms with Crippen LogP contribution >= 0.6 is 24.8 Å². The maximum Gasteiger partial charge on any atom is 0.225 e. The Hall–Kier alpha value is -0.0300. The van der Waals surface area contributed by atoms with Crippen LogP contribution in [-0.4, -0.2) is 55.0 Å². The Morgan fingerprint density at radius 2 is 1.85 bits per heavy atom. The van der Waals surface area contributed by atoms with Crippen LogP contribution in [0.4, 0.5) is 0 Å². The van der Waals surface area contributed by atoms with Crippen LogP contribution in [0.2, 0.25) is 0 Å². The number of likely N-dealkylation sites (tertiary alicyclic amines) is 1. The molecule has 20 heavy (non-hydrogen) atoms. The molecule has 4 nitrogen and oxygen atoms in total. The number of nitrogens with zero attached hydrogens (tertiary/aromatic N) is 2. The standard InChI is InChI=1S/C14H27N3O.2ClH/c1-16(2)13-7-4-8-17(10-13)14(18)11-5-3-6-12(15)9-11;;/h11-13H,3-10,15H2,1-2H3;2*1H. The summed E-state index contributed by atoms with van der Waals surface area (Å²) in [6, 6.07) is 0.766. The minimum atomic E-state index is 0. The van der Waals surface area contributed by atoms with Gasteiger partial charge in [-0.1, -0.05) is 6.42 Å². The van der Waals surface area contributed by atoms with Crippen molar-refractivity contribution in [3.05, 3.63) is 0 Å². The summed E-state index contributed by atoms with van der Waals surface area (Å²) in [5, 5.41) is 0. The van der Waals surface area contributed by atoms with Crippen LogP contribution < -0.4 is 5.73 Å². The highest BCUT2D eigenvalue weighted by molar-refractivity contribution is 5.85. The predicted molar refractivity (Wildman–Crippen MR) is 87.7 cm³/mol. The van der Waals surface area contributed by atoms with Gasteiger partial charge in [0.15, 0.2) is 0 Å². The van der Waals surface area contributed by atoms with E-state index in [2.05, 4.69) is 23.9 Å². The van der Waals surface area contributed by atoms with Crippen LogP contribution in [0.5, 0.6) is 0 Å². The molecule has 3 unspecified atom stereocenters. The highest BCUT2D eigenvalue weighted by Crippen LogP contribution is 2.26. The van der Waals surface area contributed by atoms with Crippen molar-refractivity contribution in [1.29, 1.82) is 0 Å². The molecule has 1 aliphatic heterocycles. The molecule has 1 saturated carbocycles. The van der Waals surface area contributed by atoms with Crippen molar-refractivity contribution < 1.29 is 4.79 Å². The van der Waals surface area contributed by atoms with Crippen LogP contribution in [0.15, 0.2) is 0 Å². The second-order valence-corrected chi connectivity index (χ2v) is 6.17. The average molecular weight is 326 g/mol. The number of nitrogens with two attached hydrogens (primary N) is 1. The van der Waals surface area contributed by atoms with Gasteiger partial charge in [0, 0.05) is 31.1 Å². The normalized spacial score (nSPS) is 30.4. The molecule has 2 fully saturated rings. The Labute approximate surface area is 135 Å². The monoisotopic (exact) mass is 325 g/mol. The topological polar surface area (TPSA) is 49.6 Å². The Balaban J connectivity index is 0.00000180. The van der Waals surface area contributed by atoms with Gasteiger partial charge >= 0.3 is 0 Å². The Morgan fingerprint density at radius 1 is 1.15 bits per heavy atom. The molecule has 2 aliphatic rings. The molecule has 6 heteroatoms. The van der Waals surface area contributed by atoms with Gasteiger partial charge in [0.2, 0.25) is 5.91 Å². The predicted octanol–water partition coefficient (Wildman–Crippen LogP) is 1.90. The lowest BCUT2D eigenvalue weighted by Crippen LogP contribution is -2.50. The fourth-order valence-corrected chi connectivity index (χ4v) is 3.29. The van der Waals surface area contributed by atoms with E-state index in [0.29, 0.717) is 11.9 Å². The molecule has 0 aromatic rings. The molecule has 2 rings (SSSR count). The van der Waals surface area contributed by atoms with E-state index in [9.17, 15) is 4.79 Å². The van der Waals surface area contributed by atoms with Gasteiger partial charge in [-0.3, -0.25) is 4.79 Å². The van der Waals surface area contributed by atoms with Crippen LogP contribution in [0, 0.1) is 5.92 Å². The number of halogens is 2. The lowest BCUT2D eigenvalue weighted by Gasteiger charge is -2.38. The van der Waals surface area contributed by atoms with Crippen molar-refractivity contribution in [2.45, 2.75) is 50.6 Å². The second kappa shape index (κ2) is 9.08. The summed E-state index contributed by atoms with van der Waals surface area (Å²) in [4.78, 5) is 16.8. The first kappa shape index (κ1) is 20.0. The van der Waals surface area contributed by atoms with Crippen LogP contribution in [0.25, 0.3) is 0 Å². The van der Waals surface area contributed by atoms with Gasteiger partial charge in [0.05, 0.1) is 0 Å². The summed E-state index contributed by atoms with van der Waals surface area (Å²) in [7, 11) is 4.21. The van der Waals surface area contributed by atoms with Crippen molar-refractivity contribution in [2.75, 3.05) is 27.2 Å². The smallest absolute Gasteiger partial charge is 0.225 e. The number of carbonyl (C=O) groups is 1. The number of amides is 1. The molecule has 1 heterocycles. The summed E-state index contributed by atoms with van der Waals surface area (Å²) in [5.74, 6) is 0.548. The molecule has 1 aliphatic carbocycles. The molecule has 0 spiro atoms. The fourth-order valence-electron chi connectivity index (χ4n) is 3.29. The quantitative estimate of drug-likeness (QED) is 0.843. The van der Waals surface area contributed by atoms with E-state index in [4.69, 9.17) is 5.73 Å². The molecular weight excluding hydrogens is 297 g/mol. The third kappa shape index (κ3) is 5.06. The summed E-state index contributed by atoms with van der Waals surface area (Å²) >= 11 is 0. The van der Waals surface area contributed by atoms with Crippen LogP contribution in [0.3, 0.4) is 0 Å². The second-order valence-electron chi connectivity index (χ2n) is 6.17. The minimum Gasteiger partial charge on any atom is -0.341 e. The Bertz CT molecular complexity index is 302. The maximum absolute atomic E-state index is 12.5. The van der Waals surface area contributed by atoms with Crippen molar-refractivity contribution in [2.24, 2.45) is 11.7 Å². The Kier molecular flexibility index (Phi) is 9.07. The highest BCUT2D eigenvalue weighted by Gasteiger charge is 2.31. The number of piperidine rings is 1. The first-order valence-corrected chi connectivity index (χ1v) is 7.28. The molecule has 2 N–H and O–H groups in total.